The van der Waals surface area contributed by atoms with E-state index in [9.17, 15) is 4.79 Å². The van der Waals surface area contributed by atoms with Crippen LogP contribution in [0.2, 0.25) is 5.02 Å². The molecule has 0 saturated heterocycles. The van der Waals surface area contributed by atoms with Gasteiger partial charge in [0.2, 0.25) is 5.95 Å². The Balaban J connectivity index is 0.00000400. The number of aromatic nitrogens is 2. The molecular weight excluding hydrogens is 525 g/mol. The fourth-order valence-corrected chi connectivity index (χ4v) is 3.74. The Bertz CT molecular complexity index is 1370. The van der Waals surface area contributed by atoms with Crippen LogP contribution >= 0.6 is 24.0 Å². The first-order valence-corrected chi connectivity index (χ1v) is 12.3. The molecule has 8 nitrogen and oxygen atoms in total. The Labute approximate surface area is 233 Å². The van der Waals surface area contributed by atoms with Gasteiger partial charge in [0.25, 0.3) is 5.91 Å². The summed E-state index contributed by atoms with van der Waals surface area (Å²) in [4.78, 5) is 22.3. The zero-order valence-electron chi connectivity index (χ0n) is 21.2. The highest BCUT2D eigenvalue weighted by Gasteiger charge is 2.17. The van der Waals surface area contributed by atoms with Crippen molar-refractivity contribution in [2.45, 2.75) is 20.8 Å². The molecule has 0 aliphatic carbocycles. The molecule has 198 valence electrons. The van der Waals surface area contributed by atoms with Crippen molar-refractivity contribution in [1.29, 1.82) is 0 Å². The van der Waals surface area contributed by atoms with Gasteiger partial charge >= 0.3 is 0 Å². The van der Waals surface area contributed by atoms with Gasteiger partial charge in [-0.05, 0) is 87.5 Å². The van der Waals surface area contributed by atoms with E-state index in [-0.39, 0.29) is 18.3 Å². The number of hydrogen-bond donors (Lipinski definition) is 3. The van der Waals surface area contributed by atoms with E-state index in [0.717, 1.165) is 22.9 Å². The summed E-state index contributed by atoms with van der Waals surface area (Å²) in [6.45, 7) is 6.86. The third-order valence-corrected chi connectivity index (χ3v) is 5.50. The molecule has 0 saturated carbocycles. The Morgan fingerprint density at radius 3 is 1.97 bits per heavy atom. The molecule has 1 amide bonds. The van der Waals surface area contributed by atoms with E-state index >= 15 is 0 Å². The van der Waals surface area contributed by atoms with Crippen molar-refractivity contribution in [2.24, 2.45) is 0 Å². The van der Waals surface area contributed by atoms with Crippen molar-refractivity contribution in [1.82, 2.24) is 9.97 Å². The molecule has 1 heterocycles. The molecule has 0 spiro atoms. The molecule has 0 fully saturated rings. The highest BCUT2D eigenvalue weighted by atomic mass is 35.5. The number of amides is 1. The lowest BCUT2D eigenvalue weighted by atomic mass is 10.2. The zero-order valence-corrected chi connectivity index (χ0v) is 22.8. The maximum absolute atomic E-state index is 13.0. The van der Waals surface area contributed by atoms with E-state index in [4.69, 9.17) is 21.1 Å². The summed E-state index contributed by atoms with van der Waals surface area (Å²) >= 11 is 6.08. The number of hydrogen-bond acceptors (Lipinski definition) is 7. The average molecular weight is 554 g/mol. The molecule has 4 rings (SSSR count). The standard InChI is InChI=1S/C28H28ClN5O3.ClH/c1-4-36-23-13-9-21(10-14-23)31-26-25(33-27(35)19-7-6-8-20(29)17-19)18(3)30-28(34-26)32-22-11-15-24(16-12-22)37-5-2;/h6-17H,4-5H2,1-3H3,(H,33,35)(H2,30,31,32,34);1H. The predicted molar refractivity (Wildman–Crippen MR) is 155 cm³/mol. The minimum Gasteiger partial charge on any atom is -0.494 e. The van der Waals surface area contributed by atoms with Gasteiger partial charge in [0.15, 0.2) is 5.82 Å². The summed E-state index contributed by atoms with van der Waals surface area (Å²) < 4.78 is 11.0. The SMILES string of the molecule is CCOc1ccc(Nc2nc(C)c(NC(=O)c3cccc(Cl)c3)c(Nc3ccc(OCC)cc3)n2)cc1.Cl. The van der Waals surface area contributed by atoms with E-state index in [1.807, 2.05) is 69.3 Å². The Morgan fingerprint density at radius 2 is 1.42 bits per heavy atom. The number of anilines is 5. The van der Waals surface area contributed by atoms with E-state index in [1.165, 1.54) is 0 Å². The van der Waals surface area contributed by atoms with E-state index < -0.39 is 0 Å². The second kappa shape index (κ2) is 13.5. The van der Waals surface area contributed by atoms with Crippen LogP contribution in [0.5, 0.6) is 11.5 Å². The predicted octanol–water partition coefficient (Wildman–Crippen LogP) is 7.40. The summed E-state index contributed by atoms with van der Waals surface area (Å²) in [6, 6.07) is 21.7. The van der Waals surface area contributed by atoms with Gasteiger partial charge in [-0.3, -0.25) is 4.79 Å². The number of halogens is 2. The lowest BCUT2D eigenvalue weighted by Gasteiger charge is -2.17. The fraction of sp³-hybridized carbons (Fsp3) is 0.179. The molecular formula is C28H29Cl2N5O3. The maximum atomic E-state index is 13.0. The van der Waals surface area contributed by atoms with Gasteiger partial charge in [-0.25, -0.2) is 4.98 Å². The van der Waals surface area contributed by atoms with E-state index in [1.54, 1.807) is 24.3 Å². The molecule has 0 radical (unpaired) electrons. The van der Waals surface area contributed by atoms with Crippen LogP contribution in [0.15, 0.2) is 72.8 Å². The van der Waals surface area contributed by atoms with E-state index in [0.29, 0.717) is 46.9 Å². The third-order valence-electron chi connectivity index (χ3n) is 5.26. The Hall–Kier alpha value is -4.01. The normalized spacial score (nSPS) is 10.2. The molecule has 3 N–H and O–H groups in total. The van der Waals surface area contributed by atoms with Gasteiger partial charge in [0, 0.05) is 22.0 Å². The Morgan fingerprint density at radius 1 is 0.842 bits per heavy atom. The largest absolute Gasteiger partial charge is 0.494 e. The number of carbonyl (C=O) groups is 1. The lowest BCUT2D eigenvalue weighted by molar-refractivity contribution is 0.102. The highest BCUT2D eigenvalue weighted by Crippen LogP contribution is 2.30. The van der Waals surface area contributed by atoms with Crippen LogP contribution in [0, 0.1) is 6.92 Å². The zero-order chi connectivity index (χ0) is 26.2. The highest BCUT2D eigenvalue weighted by molar-refractivity contribution is 6.31. The molecule has 0 atom stereocenters. The van der Waals surface area contributed by atoms with Crippen LogP contribution in [0.3, 0.4) is 0 Å². The number of aryl methyl sites for hydroxylation is 1. The minimum atomic E-state index is -0.323. The lowest BCUT2D eigenvalue weighted by Crippen LogP contribution is -2.16. The van der Waals surface area contributed by atoms with Gasteiger partial charge in [0.1, 0.15) is 17.2 Å². The molecule has 0 unspecified atom stereocenters. The molecule has 0 bridgehead atoms. The number of ether oxygens (including phenoxy) is 2. The fourth-order valence-electron chi connectivity index (χ4n) is 3.55. The van der Waals surface area contributed by atoms with Crippen LogP contribution in [0.25, 0.3) is 0 Å². The molecule has 1 aromatic heterocycles. The van der Waals surface area contributed by atoms with Gasteiger partial charge in [-0.15, -0.1) is 12.4 Å². The summed E-state index contributed by atoms with van der Waals surface area (Å²) in [5.41, 5.74) is 3.02. The van der Waals surface area contributed by atoms with Crippen molar-refractivity contribution in [3.05, 3.63) is 89.1 Å². The number of carbonyl (C=O) groups excluding carboxylic acids is 1. The molecule has 0 aliphatic rings. The van der Waals surface area contributed by atoms with Gasteiger partial charge in [0.05, 0.1) is 18.9 Å². The third kappa shape index (κ3) is 7.50. The van der Waals surface area contributed by atoms with Crippen LogP contribution in [0.1, 0.15) is 29.9 Å². The summed E-state index contributed by atoms with van der Waals surface area (Å²) in [7, 11) is 0. The number of rotatable bonds is 10. The molecule has 10 heteroatoms. The summed E-state index contributed by atoms with van der Waals surface area (Å²) in [5, 5.41) is 9.92. The smallest absolute Gasteiger partial charge is 0.255 e. The number of nitrogens with one attached hydrogen (secondary N) is 3. The van der Waals surface area contributed by atoms with Crippen LogP contribution in [0.4, 0.5) is 28.8 Å². The average Bonchev–Trinajstić information content (AvgIpc) is 2.89. The molecule has 4 aromatic rings. The first-order chi connectivity index (χ1) is 17.9. The van der Waals surface area contributed by atoms with Crippen molar-refractivity contribution < 1.29 is 14.3 Å². The Kier molecular flexibility index (Phi) is 10.2. The summed E-state index contributed by atoms with van der Waals surface area (Å²) in [6.07, 6.45) is 0. The number of nitrogens with zero attached hydrogens (tertiary/aromatic N) is 2. The number of benzene rings is 3. The van der Waals surface area contributed by atoms with Crippen molar-refractivity contribution in [2.75, 3.05) is 29.2 Å². The van der Waals surface area contributed by atoms with Crippen LogP contribution in [-0.4, -0.2) is 29.1 Å². The quantitative estimate of drug-likeness (QED) is 0.188. The van der Waals surface area contributed by atoms with Gasteiger partial charge < -0.3 is 25.4 Å². The van der Waals surface area contributed by atoms with Crippen LogP contribution in [-0.2, 0) is 0 Å². The minimum absolute atomic E-state index is 0. The van der Waals surface area contributed by atoms with Crippen molar-refractivity contribution in [3.8, 4) is 11.5 Å². The summed E-state index contributed by atoms with van der Waals surface area (Å²) in [5.74, 6) is 2.02. The van der Waals surface area contributed by atoms with Crippen LogP contribution < -0.4 is 25.4 Å². The molecule has 3 aromatic carbocycles. The first-order valence-electron chi connectivity index (χ1n) is 11.9. The molecule has 38 heavy (non-hydrogen) atoms. The first kappa shape index (κ1) is 28.6. The topological polar surface area (TPSA) is 97.4 Å². The van der Waals surface area contributed by atoms with E-state index in [2.05, 4.69) is 25.9 Å². The monoisotopic (exact) mass is 553 g/mol. The van der Waals surface area contributed by atoms with Crippen molar-refractivity contribution >= 4 is 58.7 Å². The second-order valence-corrected chi connectivity index (χ2v) is 8.42. The maximum Gasteiger partial charge on any atom is 0.255 e. The van der Waals surface area contributed by atoms with Gasteiger partial charge in [-0.2, -0.15) is 4.98 Å². The molecule has 0 aliphatic heterocycles. The van der Waals surface area contributed by atoms with Crippen molar-refractivity contribution in [3.63, 3.8) is 0 Å². The second-order valence-electron chi connectivity index (χ2n) is 7.99. The van der Waals surface area contributed by atoms with Gasteiger partial charge in [-0.1, -0.05) is 17.7 Å².